The van der Waals surface area contributed by atoms with Gasteiger partial charge in [-0.2, -0.15) is 0 Å². The molecule has 0 bridgehead atoms. The van der Waals surface area contributed by atoms with E-state index in [4.69, 9.17) is 27.9 Å². The first-order valence-electron chi connectivity index (χ1n) is 6.63. The van der Waals surface area contributed by atoms with E-state index < -0.39 is 5.82 Å². The fourth-order valence-electron chi connectivity index (χ4n) is 2.62. The molecule has 1 aromatic heterocycles. The molecule has 0 radical (unpaired) electrons. The van der Waals surface area contributed by atoms with Crippen molar-refractivity contribution >= 4 is 34.2 Å². The highest BCUT2D eigenvalue weighted by molar-refractivity contribution is 6.31. The Balaban J connectivity index is 2.10. The lowest BCUT2D eigenvalue weighted by Gasteiger charge is -2.14. The molecule has 0 spiro atoms. The number of rotatable bonds is 3. The van der Waals surface area contributed by atoms with E-state index in [0.29, 0.717) is 11.4 Å². The number of aromatic nitrogens is 2. The summed E-state index contributed by atoms with van der Waals surface area (Å²) in [4.78, 5) is 4.50. The fourth-order valence-corrected chi connectivity index (χ4v) is 2.94. The first kappa shape index (κ1) is 14.1. The Hall–Kier alpha value is -0.840. The molecule has 2 unspecified atom stereocenters. The Morgan fingerprint density at radius 3 is 3.00 bits per heavy atom. The average molecular weight is 317 g/mol. The summed E-state index contributed by atoms with van der Waals surface area (Å²) >= 11 is 12.0. The Morgan fingerprint density at radius 1 is 1.55 bits per heavy atom. The maximum absolute atomic E-state index is 13.7. The van der Waals surface area contributed by atoms with Gasteiger partial charge in [0.15, 0.2) is 0 Å². The third-order valence-electron chi connectivity index (χ3n) is 3.64. The van der Waals surface area contributed by atoms with Crippen LogP contribution < -0.4 is 0 Å². The van der Waals surface area contributed by atoms with Crippen molar-refractivity contribution in [3.63, 3.8) is 0 Å². The lowest BCUT2D eigenvalue weighted by atomic mass is 10.1. The van der Waals surface area contributed by atoms with Crippen molar-refractivity contribution in [3.8, 4) is 0 Å². The number of hydrogen-bond acceptors (Lipinski definition) is 2. The van der Waals surface area contributed by atoms with Crippen LogP contribution in [0.4, 0.5) is 4.39 Å². The molecule has 1 saturated heterocycles. The molecule has 6 heteroatoms. The molecule has 0 aliphatic carbocycles. The van der Waals surface area contributed by atoms with Crippen LogP contribution in [0, 0.1) is 11.7 Å². The van der Waals surface area contributed by atoms with Gasteiger partial charge < -0.3 is 9.30 Å². The molecule has 0 N–H and O–H groups in total. The largest absolute Gasteiger partial charge is 0.381 e. The SMILES string of the molecule is CC(Cl)c1nc2cc(Cl)c(F)cc2n1CC1CCOC1. The van der Waals surface area contributed by atoms with Gasteiger partial charge in [-0.3, -0.25) is 0 Å². The van der Waals surface area contributed by atoms with E-state index in [1.807, 2.05) is 11.5 Å². The normalized spacial score (nSPS) is 20.7. The second-order valence-corrected chi connectivity index (χ2v) is 6.24. The van der Waals surface area contributed by atoms with E-state index in [-0.39, 0.29) is 10.4 Å². The van der Waals surface area contributed by atoms with Crippen LogP contribution in [0.25, 0.3) is 11.0 Å². The lowest BCUT2D eigenvalue weighted by molar-refractivity contribution is 0.182. The molecule has 0 saturated carbocycles. The van der Waals surface area contributed by atoms with E-state index in [1.54, 1.807) is 6.07 Å². The summed E-state index contributed by atoms with van der Waals surface area (Å²) in [5, 5.41) is -0.160. The number of imidazole rings is 1. The predicted molar refractivity (Wildman–Crippen MR) is 77.9 cm³/mol. The van der Waals surface area contributed by atoms with Crippen LogP contribution in [-0.2, 0) is 11.3 Å². The first-order chi connectivity index (χ1) is 9.56. The number of ether oxygens (including phenoxy) is 1. The maximum atomic E-state index is 13.7. The molecule has 2 aromatic rings. The summed E-state index contributed by atoms with van der Waals surface area (Å²) in [5.41, 5.74) is 1.42. The molecule has 0 amide bonds. The van der Waals surface area contributed by atoms with Crippen LogP contribution in [0.5, 0.6) is 0 Å². The smallest absolute Gasteiger partial charge is 0.144 e. The number of benzene rings is 1. The summed E-state index contributed by atoms with van der Waals surface area (Å²) in [7, 11) is 0. The van der Waals surface area contributed by atoms with Crippen LogP contribution in [0.15, 0.2) is 12.1 Å². The molecule has 2 atom stereocenters. The topological polar surface area (TPSA) is 27.1 Å². The molecule has 3 nitrogen and oxygen atoms in total. The van der Waals surface area contributed by atoms with Crippen molar-refractivity contribution in [2.24, 2.45) is 5.92 Å². The van der Waals surface area contributed by atoms with E-state index in [0.717, 1.165) is 37.5 Å². The minimum Gasteiger partial charge on any atom is -0.381 e. The third-order valence-corrected chi connectivity index (χ3v) is 4.13. The molecule has 1 fully saturated rings. The van der Waals surface area contributed by atoms with Gasteiger partial charge in [0.05, 0.1) is 28.0 Å². The van der Waals surface area contributed by atoms with E-state index in [1.165, 1.54) is 6.07 Å². The van der Waals surface area contributed by atoms with Gasteiger partial charge in [-0.05, 0) is 19.4 Å². The first-order valence-corrected chi connectivity index (χ1v) is 7.44. The molecule has 2 heterocycles. The van der Waals surface area contributed by atoms with Gasteiger partial charge in [0.25, 0.3) is 0 Å². The standard InChI is InChI=1S/C14H15Cl2FN2O/c1-8(15)14-18-12-4-10(16)11(17)5-13(12)19(14)6-9-2-3-20-7-9/h4-5,8-9H,2-3,6-7H2,1H3. The van der Waals surface area contributed by atoms with Gasteiger partial charge >= 0.3 is 0 Å². The van der Waals surface area contributed by atoms with Gasteiger partial charge in [-0.25, -0.2) is 9.37 Å². The van der Waals surface area contributed by atoms with Crippen molar-refractivity contribution < 1.29 is 9.13 Å². The predicted octanol–water partition coefficient (Wildman–Crippen LogP) is 4.17. The number of alkyl halides is 1. The van der Waals surface area contributed by atoms with Crippen LogP contribution in [0.1, 0.15) is 24.5 Å². The summed E-state index contributed by atoms with van der Waals surface area (Å²) in [6, 6.07) is 2.99. The highest BCUT2D eigenvalue weighted by atomic mass is 35.5. The summed E-state index contributed by atoms with van der Waals surface area (Å²) in [5.74, 6) is 0.729. The molecular formula is C14H15Cl2FN2O. The summed E-state index contributed by atoms with van der Waals surface area (Å²) < 4.78 is 21.1. The molecule has 1 aliphatic rings. The fraction of sp³-hybridized carbons (Fsp3) is 0.500. The van der Waals surface area contributed by atoms with Crippen molar-refractivity contribution in [3.05, 3.63) is 28.8 Å². The monoisotopic (exact) mass is 316 g/mol. The quantitative estimate of drug-likeness (QED) is 0.795. The van der Waals surface area contributed by atoms with Crippen molar-refractivity contribution in [2.75, 3.05) is 13.2 Å². The Kier molecular flexibility index (Phi) is 3.89. The second-order valence-electron chi connectivity index (χ2n) is 5.18. The molecule has 20 heavy (non-hydrogen) atoms. The van der Waals surface area contributed by atoms with Gasteiger partial charge in [0.2, 0.25) is 0 Å². The highest BCUT2D eigenvalue weighted by Gasteiger charge is 2.22. The van der Waals surface area contributed by atoms with Crippen LogP contribution in [0.3, 0.4) is 0 Å². The Bertz CT molecular complexity index is 636. The van der Waals surface area contributed by atoms with Crippen LogP contribution in [0.2, 0.25) is 5.02 Å². The molecular weight excluding hydrogens is 302 g/mol. The minimum atomic E-state index is -0.434. The zero-order valence-corrected chi connectivity index (χ0v) is 12.6. The van der Waals surface area contributed by atoms with E-state index >= 15 is 0 Å². The Morgan fingerprint density at radius 2 is 2.35 bits per heavy atom. The maximum Gasteiger partial charge on any atom is 0.144 e. The Labute approximate surface area is 126 Å². The summed E-state index contributed by atoms with van der Waals surface area (Å²) in [6.45, 7) is 4.11. The molecule has 1 aliphatic heterocycles. The van der Waals surface area contributed by atoms with Crippen LogP contribution in [-0.4, -0.2) is 22.8 Å². The van der Waals surface area contributed by atoms with Gasteiger partial charge in [0.1, 0.15) is 11.6 Å². The van der Waals surface area contributed by atoms with Crippen molar-refractivity contribution in [1.82, 2.24) is 9.55 Å². The van der Waals surface area contributed by atoms with Crippen molar-refractivity contribution in [1.29, 1.82) is 0 Å². The van der Waals surface area contributed by atoms with Gasteiger partial charge in [0, 0.05) is 25.1 Å². The lowest BCUT2D eigenvalue weighted by Crippen LogP contribution is -2.13. The number of nitrogens with zero attached hydrogens (tertiary/aromatic N) is 2. The van der Waals surface area contributed by atoms with Crippen LogP contribution >= 0.6 is 23.2 Å². The number of halogens is 3. The minimum absolute atomic E-state index is 0.0834. The second kappa shape index (κ2) is 5.51. The zero-order chi connectivity index (χ0) is 14.3. The number of fused-ring (bicyclic) bond motifs is 1. The molecule has 1 aromatic carbocycles. The van der Waals surface area contributed by atoms with E-state index in [9.17, 15) is 4.39 Å². The molecule has 3 rings (SSSR count). The molecule has 108 valence electrons. The zero-order valence-electron chi connectivity index (χ0n) is 11.1. The van der Waals surface area contributed by atoms with E-state index in [2.05, 4.69) is 4.98 Å². The van der Waals surface area contributed by atoms with Gasteiger partial charge in [-0.1, -0.05) is 11.6 Å². The highest BCUT2D eigenvalue weighted by Crippen LogP contribution is 2.30. The van der Waals surface area contributed by atoms with Crippen molar-refractivity contribution in [2.45, 2.75) is 25.3 Å². The summed E-state index contributed by atoms with van der Waals surface area (Å²) in [6.07, 6.45) is 1.01. The average Bonchev–Trinajstić information content (AvgIpc) is 3.00. The number of hydrogen-bond donors (Lipinski definition) is 0. The third kappa shape index (κ3) is 2.52. The van der Waals surface area contributed by atoms with Gasteiger partial charge in [-0.15, -0.1) is 11.6 Å².